The maximum absolute atomic E-state index is 12.7. The number of rotatable bonds is 6. The topological polar surface area (TPSA) is 62.5 Å². The van der Waals surface area contributed by atoms with Crippen LogP contribution in [0.2, 0.25) is 0 Å². The summed E-state index contributed by atoms with van der Waals surface area (Å²) in [6, 6.07) is 16.3. The number of likely N-dealkylation sites (N-methyl/N-ethyl adjacent to an activating group) is 1. The van der Waals surface area contributed by atoms with Crippen molar-refractivity contribution < 1.29 is 9.32 Å². The molecule has 1 aliphatic heterocycles. The second-order valence-corrected chi connectivity index (χ2v) is 7.63. The average Bonchev–Trinajstić information content (AvgIpc) is 3.24. The van der Waals surface area contributed by atoms with Crippen LogP contribution in [0.25, 0.3) is 11.3 Å². The van der Waals surface area contributed by atoms with Crippen LogP contribution in [0.4, 0.5) is 0 Å². The third-order valence-electron chi connectivity index (χ3n) is 5.55. The highest BCUT2D eigenvalue weighted by molar-refractivity contribution is 5.78. The zero-order valence-electron chi connectivity index (χ0n) is 16.7. The fourth-order valence-electron chi connectivity index (χ4n) is 3.82. The van der Waals surface area contributed by atoms with Crippen molar-refractivity contribution in [2.24, 2.45) is 0 Å². The summed E-state index contributed by atoms with van der Waals surface area (Å²) in [4.78, 5) is 20.7. The fraction of sp³-hybridized carbons (Fsp3) is 0.348. The van der Waals surface area contributed by atoms with Gasteiger partial charge in [0.25, 0.3) is 0 Å². The molecular weight excluding hydrogens is 364 g/mol. The highest BCUT2D eigenvalue weighted by atomic mass is 16.5. The van der Waals surface area contributed by atoms with E-state index in [0.29, 0.717) is 24.8 Å². The maximum Gasteiger partial charge on any atom is 0.236 e. The Morgan fingerprint density at radius 1 is 1.17 bits per heavy atom. The Hall–Kier alpha value is -2.99. The molecule has 6 heteroatoms. The summed E-state index contributed by atoms with van der Waals surface area (Å²) in [7, 11) is 1.81. The number of piperidine rings is 1. The number of carbonyl (C=O) groups excluding carboxylic acids is 1. The predicted octanol–water partition coefficient (Wildman–Crippen LogP) is 3.57. The lowest BCUT2D eigenvalue weighted by Gasteiger charge is -2.32. The van der Waals surface area contributed by atoms with Crippen LogP contribution < -0.4 is 0 Å². The third kappa shape index (κ3) is 4.90. The fourth-order valence-corrected chi connectivity index (χ4v) is 3.82. The van der Waals surface area contributed by atoms with Crippen LogP contribution >= 0.6 is 0 Å². The summed E-state index contributed by atoms with van der Waals surface area (Å²) in [5, 5.41) is 4.09. The molecule has 0 saturated carbocycles. The molecule has 3 heterocycles. The van der Waals surface area contributed by atoms with Gasteiger partial charge in [0.1, 0.15) is 5.69 Å². The van der Waals surface area contributed by atoms with E-state index in [-0.39, 0.29) is 5.91 Å². The Morgan fingerprint density at radius 2 is 1.97 bits per heavy atom. The maximum atomic E-state index is 12.7. The van der Waals surface area contributed by atoms with Crippen molar-refractivity contribution in [2.75, 3.05) is 26.7 Å². The molecule has 1 fully saturated rings. The van der Waals surface area contributed by atoms with E-state index >= 15 is 0 Å². The van der Waals surface area contributed by atoms with Gasteiger partial charge in [-0.05, 0) is 49.5 Å². The molecule has 1 saturated heterocycles. The van der Waals surface area contributed by atoms with Crippen LogP contribution in [-0.2, 0) is 11.3 Å². The standard InChI is InChI=1S/C23H26N4O2/c1-26(16-21-14-22(25-29-21)20-8-5-11-24-15-20)23(28)17-27-12-9-19(10-13-27)18-6-3-2-4-7-18/h2-8,11,14-15,19H,9-10,12-13,16-17H2,1H3. The first-order valence-electron chi connectivity index (χ1n) is 10.1. The highest BCUT2D eigenvalue weighted by Gasteiger charge is 2.23. The van der Waals surface area contributed by atoms with E-state index in [1.165, 1.54) is 5.56 Å². The van der Waals surface area contributed by atoms with Gasteiger partial charge in [-0.25, -0.2) is 0 Å². The van der Waals surface area contributed by atoms with E-state index in [1.54, 1.807) is 17.3 Å². The molecule has 150 valence electrons. The lowest BCUT2D eigenvalue weighted by Crippen LogP contribution is -2.41. The van der Waals surface area contributed by atoms with Crippen LogP contribution in [0, 0.1) is 0 Å². The zero-order chi connectivity index (χ0) is 20.1. The van der Waals surface area contributed by atoms with Crippen molar-refractivity contribution in [2.45, 2.75) is 25.3 Å². The van der Waals surface area contributed by atoms with Crippen LogP contribution in [0.1, 0.15) is 30.1 Å². The van der Waals surface area contributed by atoms with Crippen molar-refractivity contribution in [3.8, 4) is 11.3 Å². The molecule has 0 spiro atoms. The number of hydrogen-bond donors (Lipinski definition) is 0. The van der Waals surface area contributed by atoms with E-state index in [0.717, 1.165) is 37.2 Å². The van der Waals surface area contributed by atoms with E-state index in [4.69, 9.17) is 4.52 Å². The van der Waals surface area contributed by atoms with Crippen LogP contribution in [0.5, 0.6) is 0 Å². The summed E-state index contributed by atoms with van der Waals surface area (Å²) in [6.07, 6.45) is 5.66. The second-order valence-electron chi connectivity index (χ2n) is 7.63. The minimum Gasteiger partial charge on any atom is -0.359 e. The van der Waals surface area contributed by atoms with Gasteiger partial charge in [0.15, 0.2) is 5.76 Å². The minimum atomic E-state index is 0.0995. The molecule has 2 aromatic heterocycles. The van der Waals surface area contributed by atoms with Gasteiger partial charge in [0.2, 0.25) is 5.91 Å². The smallest absolute Gasteiger partial charge is 0.236 e. The molecule has 4 rings (SSSR count). The molecule has 29 heavy (non-hydrogen) atoms. The van der Waals surface area contributed by atoms with Gasteiger partial charge in [0, 0.05) is 31.1 Å². The summed E-state index contributed by atoms with van der Waals surface area (Å²) in [5.74, 6) is 1.37. The van der Waals surface area contributed by atoms with Crippen LogP contribution in [0.3, 0.4) is 0 Å². The van der Waals surface area contributed by atoms with Gasteiger partial charge in [-0.2, -0.15) is 0 Å². The number of pyridine rings is 1. The molecule has 0 aliphatic carbocycles. The molecule has 0 radical (unpaired) electrons. The minimum absolute atomic E-state index is 0.0995. The third-order valence-corrected chi connectivity index (χ3v) is 5.55. The number of nitrogens with zero attached hydrogens (tertiary/aromatic N) is 4. The second kappa shape index (κ2) is 9.01. The van der Waals surface area contributed by atoms with Crippen LogP contribution in [-0.4, -0.2) is 52.5 Å². The predicted molar refractivity (Wildman–Crippen MR) is 111 cm³/mol. The average molecular weight is 390 g/mol. The van der Waals surface area contributed by atoms with Crippen molar-refractivity contribution in [1.29, 1.82) is 0 Å². The molecule has 0 atom stereocenters. The van der Waals surface area contributed by atoms with Crippen molar-refractivity contribution >= 4 is 5.91 Å². The lowest BCUT2D eigenvalue weighted by molar-refractivity contribution is -0.132. The molecule has 0 N–H and O–H groups in total. The molecule has 1 aromatic carbocycles. The number of aromatic nitrogens is 2. The van der Waals surface area contributed by atoms with E-state index in [9.17, 15) is 4.79 Å². The van der Waals surface area contributed by atoms with Gasteiger partial charge in [-0.15, -0.1) is 0 Å². The number of amides is 1. The number of hydrogen-bond acceptors (Lipinski definition) is 5. The molecular formula is C23H26N4O2. The summed E-state index contributed by atoms with van der Waals surface area (Å²) in [6.45, 7) is 2.76. The molecule has 3 aromatic rings. The van der Waals surface area contributed by atoms with E-state index in [1.807, 2.05) is 25.2 Å². The number of likely N-dealkylation sites (tertiary alicyclic amines) is 1. The zero-order valence-corrected chi connectivity index (χ0v) is 16.7. The normalized spacial score (nSPS) is 15.3. The van der Waals surface area contributed by atoms with Crippen molar-refractivity contribution in [3.63, 3.8) is 0 Å². The SMILES string of the molecule is CN(Cc1cc(-c2cccnc2)no1)C(=O)CN1CCC(c2ccccc2)CC1. The monoisotopic (exact) mass is 390 g/mol. The molecule has 1 amide bonds. The first kappa shape index (κ1) is 19.3. The Balaban J connectivity index is 1.27. The van der Waals surface area contributed by atoms with E-state index in [2.05, 4.69) is 45.4 Å². The Bertz CT molecular complexity index is 918. The summed E-state index contributed by atoms with van der Waals surface area (Å²) in [5.41, 5.74) is 3.04. The molecule has 1 aliphatic rings. The van der Waals surface area contributed by atoms with Crippen molar-refractivity contribution in [1.82, 2.24) is 19.9 Å². The first-order chi connectivity index (χ1) is 14.2. The summed E-state index contributed by atoms with van der Waals surface area (Å²) < 4.78 is 5.41. The Kier molecular flexibility index (Phi) is 6.00. The number of benzene rings is 1. The van der Waals surface area contributed by atoms with Crippen LogP contribution in [0.15, 0.2) is 65.4 Å². The number of carbonyl (C=O) groups is 1. The van der Waals surface area contributed by atoms with Gasteiger partial charge in [0.05, 0.1) is 13.1 Å². The van der Waals surface area contributed by atoms with Gasteiger partial charge in [-0.1, -0.05) is 35.5 Å². The Labute approximate surface area is 171 Å². The van der Waals surface area contributed by atoms with Gasteiger partial charge >= 0.3 is 0 Å². The van der Waals surface area contributed by atoms with Crippen molar-refractivity contribution in [3.05, 3.63) is 72.2 Å². The quantitative estimate of drug-likeness (QED) is 0.644. The molecule has 0 unspecified atom stereocenters. The Morgan fingerprint density at radius 3 is 2.69 bits per heavy atom. The molecule has 0 bridgehead atoms. The highest BCUT2D eigenvalue weighted by Crippen LogP contribution is 2.27. The largest absolute Gasteiger partial charge is 0.359 e. The lowest BCUT2D eigenvalue weighted by atomic mass is 9.89. The summed E-state index contributed by atoms with van der Waals surface area (Å²) >= 11 is 0. The van der Waals surface area contributed by atoms with E-state index < -0.39 is 0 Å². The molecule has 6 nitrogen and oxygen atoms in total. The van der Waals surface area contributed by atoms with Gasteiger partial charge in [-0.3, -0.25) is 14.7 Å². The van der Waals surface area contributed by atoms with Gasteiger partial charge < -0.3 is 9.42 Å². The first-order valence-corrected chi connectivity index (χ1v) is 10.1.